The summed E-state index contributed by atoms with van der Waals surface area (Å²) in [6, 6.07) is 8.06. The molecule has 1 aliphatic rings. The van der Waals surface area contributed by atoms with Crippen molar-refractivity contribution < 1.29 is 33.2 Å². The molecule has 1 aliphatic carbocycles. The Bertz CT molecular complexity index is 1330. The molecule has 0 fully saturated rings. The van der Waals surface area contributed by atoms with E-state index < -0.39 is 17.8 Å². The topological polar surface area (TPSA) is 105 Å². The minimum Gasteiger partial charge on any atom is -0.444 e. The quantitative estimate of drug-likeness (QED) is 0.270. The number of ketones is 1. The molecule has 0 aliphatic heterocycles. The van der Waals surface area contributed by atoms with Crippen molar-refractivity contribution in [1.82, 2.24) is 14.5 Å². The van der Waals surface area contributed by atoms with Crippen LogP contribution in [-0.2, 0) is 41.0 Å². The SMILES string of the molecule is Cc1n(CC2CCc3c(c4ccccc4n3C)C2=O)cc[n+]1COC(=O)OCCCNC(=O)OC(C)(C)C. The molecular formula is C28H37N4O6+. The number of hydrogen-bond donors (Lipinski definition) is 1. The van der Waals surface area contributed by atoms with Crippen LogP contribution in [0.5, 0.6) is 0 Å². The lowest BCUT2D eigenvalue weighted by Crippen LogP contribution is -2.38. The van der Waals surface area contributed by atoms with E-state index in [9.17, 15) is 14.4 Å². The third kappa shape index (κ3) is 6.17. The maximum absolute atomic E-state index is 13.5. The highest BCUT2D eigenvalue weighted by atomic mass is 16.7. The fourth-order valence-corrected chi connectivity index (χ4v) is 4.84. The van der Waals surface area contributed by atoms with Crippen LogP contribution in [0, 0.1) is 12.8 Å². The lowest BCUT2D eigenvalue weighted by Gasteiger charge is -2.21. The van der Waals surface area contributed by atoms with Crippen molar-refractivity contribution in [2.24, 2.45) is 13.0 Å². The molecule has 38 heavy (non-hydrogen) atoms. The lowest BCUT2D eigenvalue weighted by molar-refractivity contribution is -0.732. The van der Waals surface area contributed by atoms with Crippen molar-refractivity contribution in [2.45, 2.75) is 65.8 Å². The Hall–Kier alpha value is -3.82. The largest absolute Gasteiger partial charge is 0.511 e. The summed E-state index contributed by atoms with van der Waals surface area (Å²) in [6.07, 6.45) is 4.52. The fourth-order valence-electron chi connectivity index (χ4n) is 4.84. The molecule has 10 nitrogen and oxygen atoms in total. The first-order chi connectivity index (χ1) is 18.0. The highest BCUT2D eigenvalue weighted by molar-refractivity contribution is 6.11. The van der Waals surface area contributed by atoms with Crippen LogP contribution in [0.2, 0.25) is 0 Å². The Balaban J connectivity index is 1.25. The average Bonchev–Trinajstić information content (AvgIpc) is 3.35. The predicted octanol–water partition coefficient (Wildman–Crippen LogP) is 4.05. The number of hydrogen-bond acceptors (Lipinski definition) is 6. The summed E-state index contributed by atoms with van der Waals surface area (Å²) in [4.78, 5) is 37.1. The highest BCUT2D eigenvalue weighted by Crippen LogP contribution is 2.34. The van der Waals surface area contributed by atoms with Gasteiger partial charge in [-0.05, 0) is 46.1 Å². The van der Waals surface area contributed by atoms with Crippen LogP contribution in [0.25, 0.3) is 10.9 Å². The third-order valence-corrected chi connectivity index (χ3v) is 6.78. The number of fused-ring (bicyclic) bond motifs is 3. The molecule has 0 radical (unpaired) electrons. The monoisotopic (exact) mass is 525 g/mol. The van der Waals surface area contributed by atoms with Crippen molar-refractivity contribution in [3.05, 3.63) is 53.7 Å². The van der Waals surface area contributed by atoms with Crippen molar-refractivity contribution in [1.29, 1.82) is 0 Å². The molecule has 1 N–H and O–H groups in total. The van der Waals surface area contributed by atoms with Gasteiger partial charge in [0.15, 0.2) is 5.78 Å². The molecule has 1 amide bonds. The Morgan fingerprint density at radius 3 is 2.71 bits per heavy atom. The fraction of sp³-hybridized carbons (Fsp3) is 0.500. The summed E-state index contributed by atoms with van der Waals surface area (Å²) < 4.78 is 21.4. The molecule has 0 spiro atoms. The number of nitrogens with one attached hydrogen (secondary N) is 1. The molecule has 0 bridgehead atoms. The molecule has 204 valence electrons. The molecule has 0 saturated carbocycles. The summed E-state index contributed by atoms with van der Waals surface area (Å²) in [5, 5.41) is 3.63. The van der Waals surface area contributed by atoms with Gasteiger partial charge in [-0.3, -0.25) is 4.79 Å². The minimum absolute atomic E-state index is 0.0000900. The van der Waals surface area contributed by atoms with E-state index in [-0.39, 0.29) is 25.0 Å². The van der Waals surface area contributed by atoms with Crippen LogP contribution >= 0.6 is 0 Å². The van der Waals surface area contributed by atoms with Crippen molar-refractivity contribution >= 4 is 28.9 Å². The van der Waals surface area contributed by atoms with Crippen molar-refractivity contribution in [2.75, 3.05) is 13.2 Å². The zero-order valence-electron chi connectivity index (χ0n) is 22.8. The number of Topliss-reactive ketones (excluding diaryl/α,β-unsaturated/α-hetero) is 1. The Morgan fingerprint density at radius 2 is 1.95 bits per heavy atom. The van der Waals surface area contributed by atoms with E-state index in [2.05, 4.69) is 16.0 Å². The number of para-hydroxylation sites is 1. The van der Waals surface area contributed by atoms with E-state index in [1.807, 2.05) is 49.1 Å². The number of imidazole rings is 1. The van der Waals surface area contributed by atoms with Gasteiger partial charge in [-0.25, -0.2) is 14.2 Å². The second kappa shape index (κ2) is 11.3. The van der Waals surface area contributed by atoms with Gasteiger partial charge < -0.3 is 24.1 Å². The van der Waals surface area contributed by atoms with Crippen LogP contribution in [-0.4, -0.2) is 45.9 Å². The Kier molecular flexibility index (Phi) is 8.08. The minimum atomic E-state index is -0.784. The van der Waals surface area contributed by atoms with E-state index in [1.165, 1.54) is 0 Å². The van der Waals surface area contributed by atoms with E-state index in [1.54, 1.807) is 25.3 Å². The number of ether oxygens (including phenoxy) is 3. The maximum atomic E-state index is 13.5. The number of nitrogens with zero attached hydrogens (tertiary/aromatic N) is 3. The number of aryl methyl sites for hydroxylation is 1. The lowest BCUT2D eigenvalue weighted by atomic mass is 9.85. The number of amides is 1. The molecular weight excluding hydrogens is 488 g/mol. The van der Waals surface area contributed by atoms with E-state index in [0.29, 0.717) is 19.5 Å². The first-order valence-electron chi connectivity index (χ1n) is 13.0. The molecule has 3 aromatic rings. The molecule has 1 aromatic carbocycles. The summed E-state index contributed by atoms with van der Waals surface area (Å²) in [5.74, 6) is 0.938. The van der Waals surface area contributed by atoms with Gasteiger partial charge in [0.1, 0.15) is 24.5 Å². The van der Waals surface area contributed by atoms with Crippen molar-refractivity contribution in [3.63, 3.8) is 0 Å². The molecule has 1 atom stereocenters. The molecule has 2 heterocycles. The van der Waals surface area contributed by atoms with Gasteiger partial charge in [0, 0.05) is 42.7 Å². The number of rotatable bonds is 8. The number of alkyl carbamates (subject to hydrolysis) is 1. The van der Waals surface area contributed by atoms with Gasteiger partial charge in [-0.15, -0.1) is 0 Å². The molecule has 0 saturated heterocycles. The van der Waals surface area contributed by atoms with Crippen LogP contribution in [0.3, 0.4) is 0 Å². The summed E-state index contributed by atoms with van der Waals surface area (Å²) in [6.45, 7) is 8.28. The first kappa shape index (κ1) is 27.2. The summed E-state index contributed by atoms with van der Waals surface area (Å²) >= 11 is 0. The molecule has 1 unspecified atom stereocenters. The second-order valence-corrected chi connectivity index (χ2v) is 10.6. The number of aromatic nitrogens is 3. The smallest absolute Gasteiger partial charge is 0.444 e. The van der Waals surface area contributed by atoms with Crippen LogP contribution in [0.15, 0.2) is 36.7 Å². The molecule has 10 heteroatoms. The van der Waals surface area contributed by atoms with Gasteiger partial charge >= 0.3 is 12.2 Å². The Morgan fingerprint density at radius 1 is 1.18 bits per heavy atom. The van der Waals surface area contributed by atoms with E-state index in [4.69, 9.17) is 14.2 Å². The average molecular weight is 526 g/mol. The van der Waals surface area contributed by atoms with E-state index in [0.717, 1.165) is 40.8 Å². The normalized spacial score (nSPS) is 15.3. The molecule has 2 aromatic heterocycles. The van der Waals surface area contributed by atoms with Crippen LogP contribution in [0.1, 0.15) is 55.5 Å². The number of benzene rings is 1. The third-order valence-electron chi connectivity index (χ3n) is 6.78. The summed E-state index contributed by atoms with van der Waals surface area (Å²) in [5.41, 5.74) is 2.49. The zero-order chi connectivity index (χ0) is 27.4. The number of carbonyl (C=O) groups is 3. The molecule has 4 rings (SSSR count). The van der Waals surface area contributed by atoms with Gasteiger partial charge in [-0.1, -0.05) is 18.2 Å². The van der Waals surface area contributed by atoms with E-state index >= 15 is 0 Å². The number of carbonyl (C=O) groups excluding carboxylic acids is 3. The standard InChI is InChI=1S/C28H36N4O6/c1-19-31(17-20-11-12-23-24(25(20)33)21-9-6-7-10-22(21)30(23)5)14-15-32(19)18-37-27(35)36-16-8-13-29-26(34)38-28(2,3)4/h6-7,9-10,14-15,20H,8,11-13,16-18H2,1-5H3/p+1. The zero-order valence-corrected chi connectivity index (χ0v) is 22.8. The maximum Gasteiger partial charge on any atom is 0.511 e. The van der Waals surface area contributed by atoms with Crippen molar-refractivity contribution in [3.8, 4) is 0 Å². The van der Waals surface area contributed by atoms with Gasteiger partial charge in [-0.2, -0.15) is 4.57 Å². The van der Waals surface area contributed by atoms with Crippen LogP contribution < -0.4 is 9.88 Å². The summed E-state index contributed by atoms with van der Waals surface area (Å²) in [7, 11) is 2.03. The van der Waals surface area contributed by atoms with Gasteiger partial charge in [0.25, 0.3) is 5.82 Å². The Labute approximate surface area is 222 Å². The van der Waals surface area contributed by atoms with Gasteiger partial charge in [0.05, 0.1) is 12.5 Å². The van der Waals surface area contributed by atoms with Gasteiger partial charge in [0.2, 0.25) is 6.73 Å². The first-order valence-corrected chi connectivity index (χ1v) is 13.0. The highest BCUT2D eigenvalue weighted by Gasteiger charge is 2.34. The second-order valence-electron chi connectivity index (χ2n) is 10.6. The predicted molar refractivity (Wildman–Crippen MR) is 140 cm³/mol. The van der Waals surface area contributed by atoms with Crippen LogP contribution in [0.4, 0.5) is 9.59 Å².